The van der Waals surface area contributed by atoms with Gasteiger partial charge in [0.25, 0.3) is 11.8 Å². The van der Waals surface area contributed by atoms with E-state index in [1.54, 1.807) is 12.1 Å². The Balaban J connectivity index is 2.02. The predicted octanol–water partition coefficient (Wildman–Crippen LogP) is 0.998. The van der Waals surface area contributed by atoms with Crippen molar-refractivity contribution in [1.82, 2.24) is 0 Å². The molecule has 2 unspecified atom stereocenters. The maximum atomic E-state index is 12.1. The van der Waals surface area contributed by atoms with Crippen LogP contribution < -0.4 is 10.6 Å². The molecule has 18 heavy (non-hydrogen) atoms. The third-order valence-corrected chi connectivity index (χ3v) is 3.53. The number of nitrogens with two attached hydrogens (primary N) is 1. The summed E-state index contributed by atoms with van der Waals surface area (Å²) < 4.78 is 5.36. The number of hydrogen-bond acceptors (Lipinski definition) is 4. The zero-order valence-electron chi connectivity index (χ0n) is 10.1. The van der Waals surface area contributed by atoms with Gasteiger partial charge < -0.3 is 10.5 Å². The molecule has 0 aliphatic carbocycles. The highest BCUT2D eigenvalue weighted by Gasteiger charge is 2.47. The average Bonchev–Trinajstić information content (AvgIpc) is 2.78. The van der Waals surface area contributed by atoms with Gasteiger partial charge in [-0.25, -0.2) is 4.90 Å². The van der Waals surface area contributed by atoms with Gasteiger partial charge in [-0.2, -0.15) is 0 Å². The molecule has 0 saturated carbocycles. The van der Waals surface area contributed by atoms with Crippen LogP contribution in [0.15, 0.2) is 18.2 Å². The van der Waals surface area contributed by atoms with E-state index in [-0.39, 0.29) is 11.8 Å². The van der Waals surface area contributed by atoms with E-state index in [0.29, 0.717) is 24.2 Å². The zero-order valence-corrected chi connectivity index (χ0v) is 10.1. The summed E-state index contributed by atoms with van der Waals surface area (Å²) >= 11 is 0. The third-order valence-electron chi connectivity index (χ3n) is 3.53. The number of nitrogen functional groups attached to an aromatic ring is 1. The maximum Gasteiger partial charge on any atom is 0.262 e. The number of aryl methyl sites for hydroxylation is 1. The van der Waals surface area contributed by atoms with Crippen LogP contribution in [0.2, 0.25) is 0 Å². The second-order valence-corrected chi connectivity index (χ2v) is 4.74. The third kappa shape index (κ3) is 1.51. The van der Waals surface area contributed by atoms with Crippen LogP contribution in [0.3, 0.4) is 0 Å². The van der Waals surface area contributed by atoms with Gasteiger partial charge >= 0.3 is 0 Å². The van der Waals surface area contributed by atoms with Gasteiger partial charge in [-0.3, -0.25) is 9.59 Å². The van der Waals surface area contributed by atoms with Gasteiger partial charge in [0.15, 0.2) is 0 Å². The molecule has 5 nitrogen and oxygen atoms in total. The number of imide groups is 1. The molecule has 2 atom stereocenters. The molecule has 0 aromatic heterocycles. The Kier molecular flexibility index (Phi) is 2.38. The molecule has 2 heterocycles. The van der Waals surface area contributed by atoms with Crippen molar-refractivity contribution >= 4 is 23.2 Å². The molecule has 2 fully saturated rings. The van der Waals surface area contributed by atoms with Gasteiger partial charge in [0.1, 0.15) is 12.2 Å². The van der Waals surface area contributed by atoms with E-state index in [0.717, 1.165) is 5.56 Å². The van der Waals surface area contributed by atoms with Crippen LogP contribution in [0.5, 0.6) is 0 Å². The molecule has 2 N–H and O–H groups in total. The van der Waals surface area contributed by atoms with Crippen molar-refractivity contribution < 1.29 is 14.3 Å². The van der Waals surface area contributed by atoms with Crippen LogP contribution >= 0.6 is 0 Å². The van der Waals surface area contributed by atoms with Crippen LogP contribution in [0, 0.1) is 6.92 Å². The fourth-order valence-electron chi connectivity index (χ4n) is 2.42. The van der Waals surface area contributed by atoms with Gasteiger partial charge in [-0.15, -0.1) is 0 Å². The topological polar surface area (TPSA) is 72.6 Å². The summed E-state index contributed by atoms with van der Waals surface area (Å²) in [6, 6.07) is 5.21. The molecule has 1 aromatic carbocycles. The van der Waals surface area contributed by atoms with Crippen molar-refractivity contribution in [2.24, 2.45) is 0 Å². The fraction of sp³-hybridized carbons (Fsp3) is 0.385. The van der Waals surface area contributed by atoms with Gasteiger partial charge in [0.05, 0.1) is 5.69 Å². The average molecular weight is 246 g/mol. The lowest BCUT2D eigenvalue weighted by molar-refractivity contribution is -0.146. The van der Waals surface area contributed by atoms with Crippen molar-refractivity contribution in [2.75, 3.05) is 10.6 Å². The lowest BCUT2D eigenvalue weighted by Gasteiger charge is -2.30. The molecule has 0 spiro atoms. The molecule has 2 aliphatic heterocycles. The highest BCUT2D eigenvalue weighted by atomic mass is 16.5. The number of carbonyl (C=O) groups excluding carboxylic acids is 2. The minimum atomic E-state index is -0.477. The van der Waals surface area contributed by atoms with E-state index in [2.05, 4.69) is 0 Å². The summed E-state index contributed by atoms with van der Waals surface area (Å²) in [5.41, 5.74) is 7.86. The summed E-state index contributed by atoms with van der Waals surface area (Å²) in [6.07, 6.45) is 0.283. The summed E-state index contributed by atoms with van der Waals surface area (Å²) in [4.78, 5) is 25.5. The molecule has 3 rings (SSSR count). The highest BCUT2D eigenvalue weighted by Crippen LogP contribution is 2.32. The standard InChI is InChI=1S/C13H14N2O3/c1-7-2-3-8(6-9(7)14)15-12(16)10-4-5-11(18-10)13(15)17/h2-3,6,10-11H,4-5,14H2,1H3. The molecular formula is C13H14N2O3. The van der Waals surface area contributed by atoms with E-state index < -0.39 is 12.2 Å². The van der Waals surface area contributed by atoms with Crippen molar-refractivity contribution in [3.8, 4) is 0 Å². The van der Waals surface area contributed by atoms with Crippen molar-refractivity contribution in [3.63, 3.8) is 0 Å². The first kappa shape index (κ1) is 11.2. The lowest BCUT2D eigenvalue weighted by Crippen LogP contribution is -2.52. The van der Waals surface area contributed by atoms with Gasteiger partial charge in [-0.05, 0) is 37.5 Å². The Labute approximate surface area is 105 Å². The number of morpholine rings is 1. The number of benzene rings is 1. The molecule has 0 radical (unpaired) electrons. The number of fused-ring (bicyclic) bond motifs is 2. The molecule has 2 aliphatic rings. The highest BCUT2D eigenvalue weighted by molar-refractivity contribution is 6.20. The predicted molar refractivity (Wildman–Crippen MR) is 66.0 cm³/mol. The molecule has 2 saturated heterocycles. The first-order valence-corrected chi connectivity index (χ1v) is 5.97. The Morgan fingerprint density at radius 3 is 2.39 bits per heavy atom. The molecule has 94 valence electrons. The van der Waals surface area contributed by atoms with Crippen LogP contribution in [0.25, 0.3) is 0 Å². The van der Waals surface area contributed by atoms with Crippen LogP contribution in [0.1, 0.15) is 18.4 Å². The summed E-state index contributed by atoms with van der Waals surface area (Å²) in [5, 5.41) is 0. The molecule has 5 heteroatoms. The molecule has 1 aromatic rings. The second kappa shape index (κ2) is 3.81. The second-order valence-electron chi connectivity index (χ2n) is 4.74. The number of ether oxygens (including phenoxy) is 1. The molecule has 2 amide bonds. The Morgan fingerprint density at radius 2 is 1.83 bits per heavy atom. The Bertz CT molecular complexity index is 519. The normalized spacial score (nSPS) is 26.8. The van der Waals surface area contributed by atoms with Crippen LogP contribution in [-0.4, -0.2) is 24.0 Å². The van der Waals surface area contributed by atoms with E-state index in [4.69, 9.17) is 10.5 Å². The molecule has 2 bridgehead atoms. The van der Waals surface area contributed by atoms with Crippen LogP contribution in [0.4, 0.5) is 11.4 Å². The smallest absolute Gasteiger partial charge is 0.262 e. The van der Waals surface area contributed by atoms with Crippen molar-refractivity contribution in [2.45, 2.75) is 32.0 Å². The minimum absolute atomic E-state index is 0.281. The fourth-order valence-corrected chi connectivity index (χ4v) is 2.42. The number of nitrogens with zero attached hydrogens (tertiary/aromatic N) is 1. The van der Waals surface area contributed by atoms with Gasteiger partial charge in [-0.1, -0.05) is 6.07 Å². The minimum Gasteiger partial charge on any atom is -0.398 e. The van der Waals surface area contributed by atoms with Crippen LogP contribution in [-0.2, 0) is 14.3 Å². The monoisotopic (exact) mass is 246 g/mol. The number of rotatable bonds is 1. The van der Waals surface area contributed by atoms with Crippen molar-refractivity contribution in [1.29, 1.82) is 0 Å². The van der Waals surface area contributed by atoms with E-state index in [1.165, 1.54) is 4.90 Å². The molecular weight excluding hydrogens is 232 g/mol. The summed E-state index contributed by atoms with van der Waals surface area (Å²) in [5.74, 6) is -0.561. The van der Waals surface area contributed by atoms with E-state index in [9.17, 15) is 9.59 Å². The number of anilines is 2. The first-order valence-electron chi connectivity index (χ1n) is 5.97. The van der Waals surface area contributed by atoms with Gasteiger partial charge in [0, 0.05) is 5.69 Å². The Hall–Kier alpha value is -1.88. The van der Waals surface area contributed by atoms with Gasteiger partial charge in [0.2, 0.25) is 0 Å². The number of amides is 2. The number of carbonyl (C=O) groups is 2. The number of hydrogen-bond donors (Lipinski definition) is 1. The van der Waals surface area contributed by atoms with Crippen molar-refractivity contribution in [3.05, 3.63) is 23.8 Å². The zero-order chi connectivity index (χ0) is 12.9. The van der Waals surface area contributed by atoms with E-state index >= 15 is 0 Å². The lowest BCUT2D eigenvalue weighted by atomic mass is 10.1. The first-order chi connectivity index (χ1) is 8.58. The Morgan fingerprint density at radius 1 is 1.22 bits per heavy atom. The quantitative estimate of drug-likeness (QED) is 0.592. The maximum absolute atomic E-state index is 12.1. The summed E-state index contributed by atoms with van der Waals surface area (Å²) in [6.45, 7) is 1.88. The SMILES string of the molecule is Cc1ccc(N2C(=O)C3CCC(O3)C2=O)cc1N. The summed E-state index contributed by atoms with van der Waals surface area (Å²) in [7, 11) is 0. The van der Waals surface area contributed by atoms with E-state index in [1.807, 2.05) is 13.0 Å². The largest absolute Gasteiger partial charge is 0.398 e.